The summed E-state index contributed by atoms with van der Waals surface area (Å²) in [5.41, 5.74) is -0.606. The Hall–Kier alpha value is -0.610. The summed E-state index contributed by atoms with van der Waals surface area (Å²) in [6.07, 6.45) is 8.42. The van der Waals surface area contributed by atoms with Gasteiger partial charge in [0.2, 0.25) is 0 Å². The Morgan fingerprint density at radius 3 is 2.52 bits per heavy atom. The molecule has 2 saturated carbocycles. The third-order valence-electron chi connectivity index (χ3n) is 4.83. The van der Waals surface area contributed by atoms with Crippen LogP contribution >= 0.6 is 0 Å². The smallest absolute Gasteiger partial charge is 0.329 e. The molecule has 0 heterocycles. The van der Waals surface area contributed by atoms with Crippen LogP contribution in [0.3, 0.4) is 0 Å². The zero-order valence-corrected chi connectivity index (χ0v) is 13.7. The summed E-state index contributed by atoms with van der Waals surface area (Å²) < 4.78 is 11.2. The molecule has 0 aliphatic heterocycles. The zero-order chi connectivity index (χ0) is 15.1. The van der Waals surface area contributed by atoms with Gasteiger partial charge in [-0.05, 0) is 51.0 Å². The molecule has 0 saturated heterocycles. The Kier molecular flexibility index (Phi) is 6.49. The summed E-state index contributed by atoms with van der Waals surface area (Å²) in [6.45, 7) is 6.49. The molecule has 4 nitrogen and oxygen atoms in total. The summed E-state index contributed by atoms with van der Waals surface area (Å²) in [7, 11) is 0. The Labute approximate surface area is 129 Å². The molecule has 1 N–H and O–H groups in total. The Morgan fingerprint density at radius 2 is 2.00 bits per heavy atom. The molecule has 0 aromatic heterocycles. The lowest BCUT2D eigenvalue weighted by atomic mass is 9.83. The maximum atomic E-state index is 12.5. The van der Waals surface area contributed by atoms with E-state index < -0.39 is 5.54 Å². The van der Waals surface area contributed by atoms with Crippen LogP contribution in [0.5, 0.6) is 0 Å². The van der Waals surface area contributed by atoms with Crippen LogP contribution in [0.2, 0.25) is 0 Å². The van der Waals surface area contributed by atoms with Crippen molar-refractivity contribution in [1.29, 1.82) is 0 Å². The van der Waals surface area contributed by atoms with Gasteiger partial charge in [0, 0.05) is 6.61 Å². The number of ether oxygens (including phenoxy) is 2. The van der Waals surface area contributed by atoms with E-state index in [0.717, 1.165) is 44.8 Å². The first-order chi connectivity index (χ1) is 10.2. The summed E-state index contributed by atoms with van der Waals surface area (Å²) in [5.74, 6) is 1.11. The minimum atomic E-state index is -0.606. The Bertz CT molecular complexity index is 326. The molecule has 0 radical (unpaired) electrons. The van der Waals surface area contributed by atoms with Crippen LogP contribution in [0.4, 0.5) is 0 Å². The maximum Gasteiger partial charge on any atom is 0.329 e. The molecule has 0 amide bonds. The maximum absolute atomic E-state index is 12.5. The number of rotatable bonds is 11. The highest BCUT2D eigenvalue weighted by molar-refractivity contribution is 5.82. The fraction of sp³-hybridized carbons (Fsp3) is 0.941. The Morgan fingerprint density at radius 1 is 1.24 bits per heavy atom. The average Bonchev–Trinajstić information content (AvgIpc) is 3.25. The van der Waals surface area contributed by atoms with E-state index in [0.29, 0.717) is 19.1 Å². The molecule has 1 atom stereocenters. The lowest BCUT2D eigenvalue weighted by Gasteiger charge is -2.33. The molecule has 4 heteroatoms. The molecule has 21 heavy (non-hydrogen) atoms. The molecule has 122 valence electrons. The second kappa shape index (κ2) is 8.14. The van der Waals surface area contributed by atoms with Gasteiger partial charge in [0.25, 0.3) is 0 Å². The van der Waals surface area contributed by atoms with Gasteiger partial charge < -0.3 is 9.47 Å². The monoisotopic (exact) mass is 297 g/mol. The molecular weight excluding hydrogens is 266 g/mol. The Balaban J connectivity index is 1.86. The predicted molar refractivity (Wildman–Crippen MR) is 83.2 cm³/mol. The highest BCUT2D eigenvalue weighted by atomic mass is 16.5. The van der Waals surface area contributed by atoms with Crippen molar-refractivity contribution < 1.29 is 14.3 Å². The summed E-state index contributed by atoms with van der Waals surface area (Å²) in [4.78, 5) is 12.5. The van der Waals surface area contributed by atoms with Crippen LogP contribution < -0.4 is 5.32 Å². The third-order valence-corrected chi connectivity index (χ3v) is 4.83. The fourth-order valence-corrected chi connectivity index (χ4v) is 3.06. The molecule has 2 rings (SSSR count). The van der Waals surface area contributed by atoms with Crippen molar-refractivity contribution in [1.82, 2.24) is 5.32 Å². The quantitative estimate of drug-likeness (QED) is 0.470. The lowest BCUT2D eigenvalue weighted by molar-refractivity contribution is -0.155. The first-order valence-corrected chi connectivity index (χ1v) is 8.73. The first kappa shape index (κ1) is 16.8. The first-order valence-electron chi connectivity index (χ1n) is 8.73. The van der Waals surface area contributed by atoms with Crippen LogP contribution in [0.25, 0.3) is 0 Å². The average molecular weight is 297 g/mol. The van der Waals surface area contributed by atoms with Crippen LogP contribution in [0.1, 0.15) is 58.8 Å². The van der Waals surface area contributed by atoms with Gasteiger partial charge in [0.15, 0.2) is 0 Å². The number of hydrogen-bond acceptors (Lipinski definition) is 4. The molecule has 0 aromatic carbocycles. The summed E-state index contributed by atoms with van der Waals surface area (Å²) in [5, 5.41) is 3.45. The third kappa shape index (κ3) is 4.43. The van der Waals surface area contributed by atoms with Gasteiger partial charge in [-0.15, -0.1) is 0 Å². The lowest BCUT2D eigenvalue weighted by Crippen LogP contribution is -2.58. The van der Waals surface area contributed by atoms with Gasteiger partial charge in [-0.1, -0.05) is 26.2 Å². The van der Waals surface area contributed by atoms with Gasteiger partial charge in [0.05, 0.1) is 13.2 Å². The van der Waals surface area contributed by atoms with E-state index in [1.54, 1.807) is 0 Å². The van der Waals surface area contributed by atoms with Gasteiger partial charge in [-0.25, -0.2) is 4.79 Å². The molecule has 1 unspecified atom stereocenters. The molecular formula is C17H31NO3. The van der Waals surface area contributed by atoms with Crippen molar-refractivity contribution in [3.63, 3.8) is 0 Å². The second-order valence-electron chi connectivity index (χ2n) is 6.53. The van der Waals surface area contributed by atoms with Crippen molar-refractivity contribution in [2.75, 3.05) is 26.4 Å². The van der Waals surface area contributed by atoms with Gasteiger partial charge >= 0.3 is 5.97 Å². The normalized spacial score (nSPS) is 21.6. The SMILES string of the molecule is CCCNC(COCCC1CCC1)(C(=O)OCC)C1CC1. The number of hydrogen-bond donors (Lipinski definition) is 1. The van der Waals surface area contributed by atoms with Gasteiger partial charge in [-0.2, -0.15) is 0 Å². The molecule has 2 aliphatic rings. The molecule has 2 aliphatic carbocycles. The number of carbonyl (C=O) groups is 1. The highest BCUT2D eigenvalue weighted by Gasteiger charge is 2.52. The standard InChI is InChI=1S/C17H31NO3/c1-3-11-18-17(15-8-9-15,16(19)21-4-2)13-20-12-10-14-6-5-7-14/h14-15,18H,3-13H2,1-2H3. The van der Waals surface area contributed by atoms with Gasteiger partial charge in [-0.3, -0.25) is 5.32 Å². The van der Waals surface area contributed by atoms with Crippen LogP contribution in [-0.4, -0.2) is 37.9 Å². The van der Waals surface area contributed by atoms with E-state index in [9.17, 15) is 4.79 Å². The summed E-state index contributed by atoms with van der Waals surface area (Å²) >= 11 is 0. The summed E-state index contributed by atoms with van der Waals surface area (Å²) in [6, 6.07) is 0. The minimum Gasteiger partial charge on any atom is -0.465 e. The van der Waals surface area contributed by atoms with Crippen molar-refractivity contribution in [2.45, 2.75) is 64.3 Å². The van der Waals surface area contributed by atoms with Crippen molar-refractivity contribution in [2.24, 2.45) is 11.8 Å². The fourth-order valence-electron chi connectivity index (χ4n) is 3.06. The zero-order valence-electron chi connectivity index (χ0n) is 13.7. The van der Waals surface area contributed by atoms with E-state index in [2.05, 4.69) is 12.2 Å². The largest absolute Gasteiger partial charge is 0.465 e. The van der Waals surface area contributed by atoms with E-state index >= 15 is 0 Å². The number of carbonyl (C=O) groups excluding carboxylic acids is 1. The van der Waals surface area contributed by atoms with Crippen molar-refractivity contribution >= 4 is 5.97 Å². The van der Waals surface area contributed by atoms with Crippen molar-refractivity contribution in [3.05, 3.63) is 0 Å². The van der Waals surface area contributed by atoms with E-state index in [4.69, 9.17) is 9.47 Å². The molecule has 0 aromatic rings. The highest BCUT2D eigenvalue weighted by Crippen LogP contribution is 2.41. The molecule has 0 spiro atoms. The van der Waals surface area contributed by atoms with Crippen LogP contribution in [0.15, 0.2) is 0 Å². The van der Waals surface area contributed by atoms with E-state index in [-0.39, 0.29) is 5.97 Å². The predicted octanol–water partition coefficient (Wildman–Crippen LogP) is 2.90. The minimum absolute atomic E-state index is 0.121. The number of nitrogens with one attached hydrogen (secondary N) is 1. The molecule has 0 bridgehead atoms. The number of esters is 1. The van der Waals surface area contributed by atoms with Crippen LogP contribution in [-0.2, 0) is 14.3 Å². The van der Waals surface area contributed by atoms with E-state index in [1.165, 1.54) is 19.3 Å². The van der Waals surface area contributed by atoms with E-state index in [1.807, 2.05) is 6.92 Å². The topological polar surface area (TPSA) is 47.6 Å². The van der Waals surface area contributed by atoms with Gasteiger partial charge in [0.1, 0.15) is 5.54 Å². The van der Waals surface area contributed by atoms with Crippen LogP contribution in [0, 0.1) is 11.8 Å². The van der Waals surface area contributed by atoms with Crippen molar-refractivity contribution in [3.8, 4) is 0 Å². The second-order valence-corrected chi connectivity index (χ2v) is 6.53. The molecule has 2 fully saturated rings.